The Kier molecular flexibility index (Phi) is 4.00. The van der Waals surface area contributed by atoms with Crippen molar-refractivity contribution in [3.63, 3.8) is 0 Å². The van der Waals surface area contributed by atoms with E-state index >= 15 is 0 Å². The van der Waals surface area contributed by atoms with Crippen LogP contribution in [0.2, 0.25) is 5.02 Å². The fraction of sp³-hybridized carbons (Fsp3) is 0.0909. The molecule has 4 aromatic rings. The van der Waals surface area contributed by atoms with Crippen molar-refractivity contribution < 1.29 is 9.13 Å². The second kappa shape index (κ2) is 6.88. The number of tetrazole rings is 1. The monoisotopic (exact) mass is 432 g/mol. The van der Waals surface area contributed by atoms with Gasteiger partial charge in [-0.2, -0.15) is 4.68 Å². The summed E-state index contributed by atoms with van der Waals surface area (Å²) in [5.74, 6) is 0.701. The lowest BCUT2D eigenvalue weighted by molar-refractivity contribution is 0.217. The average molecular weight is 433 g/mol. The van der Waals surface area contributed by atoms with Gasteiger partial charge in [-0.3, -0.25) is 4.98 Å². The number of rotatable bonds is 2. The molecule has 0 radical (unpaired) electrons. The van der Waals surface area contributed by atoms with Gasteiger partial charge in [-0.05, 0) is 46.3 Å². The van der Waals surface area contributed by atoms with Crippen LogP contribution in [0.5, 0.6) is 5.75 Å². The Morgan fingerprint density at radius 2 is 2.00 bits per heavy atom. The summed E-state index contributed by atoms with van der Waals surface area (Å²) in [6.07, 6.45) is 2.74. The van der Waals surface area contributed by atoms with Crippen molar-refractivity contribution >= 4 is 23.2 Å². The van der Waals surface area contributed by atoms with Crippen molar-refractivity contribution in [3.8, 4) is 5.75 Å². The molecule has 9 heteroatoms. The van der Waals surface area contributed by atoms with Gasteiger partial charge >= 0.3 is 0 Å². The highest BCUT2D eigenvalue weighted by molar-refractivity contribution is 6.30. The van der Waals surface area contributed by atoms with Crippen molar-refractivity contribution in [2.24, 2.45) is 0 Å². The van der Waals surface area contributed by atoms with E-state index < -0.39 is 12.1 Å². The summed E-state index contributed by atoms with van der Waals surface area (Å²) in [6.45, 7) is 0. The van der Waals surface area contributed by atoms with Gasteiger partial charge in [0, 0.05) is 34.1 Å². The maximum atomic E-state index is 14.9. The van der Waals surface area contributed by atoms with Crippen LogP contribution in [0.15, 0.2) is 72.6 Å². The third-order valence-corrected chi connectivity index (χ3v) is 5.72. The Bertz CT molecular complexity index is 1340. The first-order valence-electron chi connectivity index (χ1n) is 9.60. The van der Waals surface area contributed by atoms with Gasteiger partial charge in [-0.25, -0.2) is 4.39 Å². The van der Waals surface area contributed by atoms with E-state index in [0.717, 1.165) is 22.4 Å². The molecule has 2 aliphatic heterocycles. The van der Waals surface area contributed by atoms with Gasteiger partial charge in [-0.1, -0.05) is 41.0 Å². The summed E-state index contributed by atoms with van der Waals surface area (Å²) in [5.41, 5.74) is 3.54. The second-order valence-electron chi connectivity index (χ2n) is 7.25. The third-order valence-electron chi connectivity index (χ3n) is 5.48. The minimum atomic E-state index is -0.708. The van der Waals surface area contributed by atoms with E-state index in [4.69, 9.17) is 16.3 Å². The molecule has 2 aromatic carbocycles. The zero-order valence-corrected chi connectivity index (χ0v) is 16.7. The fourth-order valence-electron chi connectivity index (χ4n) is 4.17. The van der Waals surface area contributed by atoms with Gasteiger partial charge in [-0.15, -0.1) is 0 Å². The van der Waals surface area contributed by atoms with E-state index in [2.05, 4.69) is 25.8 Å². The molecule has 4 heterocycles. The molecule has 6 rings (SSSR count). The van der Waals surface area contributed by atoms with Crippen molar-refractivity contribution in [3.05, 3.63) is 100 Å². The number of nitrogens with zero attached hydrogens (tertiary/aromatic N) is 5. The van der Waals surface area contributed by atoms with Crippen molar-refractivity contribution in [1.82, 2.24) is 25.2 Å². The van der Waals surface area contributed by atoms with Gasteiger partial charge in [0.2, 0.25) is 5.95 Å². The summed E-state index contributed by atoms with van der Waals surface area (Å²) in [5, 5.41) is 16.0. The molecular weight excluding hydrogens is 419 g/mol. The topological polar surface area (TPSA) is 77.8 Å². The Morgan fingerprint density at radius 3 is 2.84 bits per heavy atom. The van der Waals surface area contributed by atoms with Crippen LogP contribution in [0.1, 0.15) is 28.8 Å². The van der Waals surface area contributed by atoms with Crippen LogP contribution >= 0.6 is 11.6 Å². The summed E-state index contributed by atoms with van der Waals surface area (Å²) in [4.78, 5) is 4.27. The van der Waals surface area contributed by atoms with Crippen LogP contribution in [-0.2, 0) is 0 Å². The first-order valence-corrected chi connectivity index (χ1v) is 9.98. The molecule has 1 N–H and O–H groups in total. The maximum Gasteiger partial charge on any atom is 0.248 e. The van der Waals surface area contributed by atoms with Crippen LogP contribution in [-0.4, -0.2) is 25.2 Å². The molecule has 31 heavy (non-hydrogen) atoms. The predicted molar refractivity (Wildman–Crippen MR) is 112 cm³/mol. The lowest BCUT2D eigenvalue weighted by atomic mass is 9.85. The summed E-state index contributed by atoms with van der Waals surface area (Å²) < 4.78 is 23.0. The highest BCUT2D eigenvalue weighted by Gasteiger charge is 2.42. The lowest BCUT2D eigenvalue weighted by Crippen LogP contribution is -2.32. The molecule has 2 aromatic heterocycles. The Balaban J connectivity index is 1.66. The largest absolute Gasteiger partial charge is 0.480 e. The lowest BCUT2D eigenvalue weighted by Gasteiger charge is -2.38. The quantitative estimate of drug-likeness (QED) is 0.505. The molecule has 0 saturated carbocycles. The number of aromatic nitrogens is 5. The van der Waals surface area contributed by atoms with Gasteiger partial charge in [0.1, 0.15) is 17.6 Å². The second-order valence-corrected chi connectivity index (χ2v) is 7.69. The molecule has 2 aliphatic rings. The molecule has 0 unspecified atom stereocenters. The first kappa shape index (κ1) is 18.0. The Morgan fingerprint density at radius 1 is 1.10 bits per heavy atom. The molecule has 7 nitrogen and oxygen atoms in total. The number of benzene rings is 2. The van der Waals surface area contributed by atoms with Gasteiger partial charge < -0.3 is 10.1 Å². The van der Waals surface area contributed by atoms with Crippen molar-refractivity contribution in [2.75, 3.05) is 5.32 Å². The molecular formula is C22H14ClFN6O. The number of ether oxygens (including phenoxy) is 1. The summed E-state index contributed by atoms with van der Waals surface area (Å²) in [7, 11) is 0. The molecule has 2 atom stereocenters. The van der Waals surface area contributed by atoms with E-state index in [9.17, 15) is 4.39 Å². The Labute approximate surface area is 181 Å². The SMILES string of the molecule is Fc1ccccc1[C@H]1Oc2ccc(Cl)cc2C2=C1[C@H](c1cccnc1)n1nnnc1N2. The molecule has 0 fully saturated rings. The van der Waals surface area contributed by atoms with Gasteiger partial charge in [0.05, 0.1) is 5.70 Å². The van der Waals surface area contributed by atoms with E-state index in [-0.39, 0.29) is 5.82 Å². The molecule has 0 spiro atoms. The van der Waals surface area contributed by atoms with E-state index in [1.165, 1.54) is 6.07 Å². The van der Waals surface area contributed by atoms with Gasteiger partial charge in [0.15, 0.2) is 6.10 Å². The zero-order chi connectivity index (χ0) is 20.9. The van der Waals surface area contributed by atoms with Crippen LogP contribution in [0.3, 0.4) is 0 Å². The third kappa shape index (κ3) is 2.79. The average Bonchev–Trinajstić information content (AvgIpc) is 3.27. The zero-order valence-electron chi connectivity index (χ0n) is 15.9. The minimum absolute atomic E-state index is 0.357. The minimum Gasteiger partial charge on any atom is -0.480 e. The standard InChI is InChI=1S/C22H14ClFN6O/c23-13-7-8-17-15(10-13)19-18(21(31-17)14-5-1-2-6-16(14)24)20(12-4-3-9-25-11-12)30-22(26-19)27-28-29-30/h1-11,20-21H,(H,26,27,29)/t20-,21+/m0/s1. The highest BCUT2D eigenvalue weighted by atomic mass is 35.5. The molecule has 0 bridgehead atoms. The normalized spacial score (nSPS) is 19.0. The van der Waals surface area contributed by atoms with Crippen LogP contribution in [0.4, 0.5) is 10.3 Å². The number of fused-ring (bicyclic) bond motifs is 3. The smallest absolute Gasteiger partial charge is 0.248 e. The van der Waals surface area contributed by atoms with Crippen molar-refractivity contribution in [2.45, 2.75) is 12.1 Å². The maximum absolute atomic E-state index is 14.9. The van der Waals surface area contributed by atoms with E-state index in [1.54, 1.807) is 47.4 Å². The van der Waals surface area contributed by atoms with Crippen LogP contribution in [0, 0.1) is 5.82 Å². The number of pyridine rings is 1. The van der Waals surface area contributed by atoms with Crippen LogP contribution < -0.4 is 10.1 Å². The first-order chi connectivity index (χ1) is 15.2. The summed E-state index contributed by atoms with van der Waals surface area (Å²) >= 11 is 6.30. The number of anilines is 1. The molecule has 0 amide bonds. The van der Waals surface area contributed by atoms with Crippen molar-refractivity contribution in [1.29, 1.82) is 0 Å². The Hall–Kier alpha value is -3.78. The van der Waals surface area contributed by atoms with Gasteiger partial charge in [0.25, 0.3) is 0 Å². The predicted octanol–water partition coefficient (Wildman–Crippen LogP) is 4.42. The molecule has 0 saturated heterocycles. The van der Waals surface area contributed by atoms with E-state index in [0.29, 0.717) is 22.3 Å². The molecule has 152 valence electrons. The fourth-order valence-corrected chi connectivity index (χ4v) is 4.34. The molecule has 0 aliphatic carbocycles. The summed E-state index contributed by atoms with van der Waals surface area (Å²) in [6, 6.07) is 15.3. The number of nitrogens with one attached hydrogen (secondary N) is 1. The highest BCUT2D eigenvalue weighted by Crippen LogP contribution is 2.51. The number of hydrogen-bond donors (Lipinski definition) is 1. The van der Waals surface area contributed by atoms with E-state index in [1.807, 2.05) is 18.2 Å². The number of hydrogen-bond acceptors (Lipinski definition) is 6. The van der Waals surface area contributed by atoms with Crippen LogP contribution in [0.25, 0.3) is 5.70 Å². The number of halogens is 2.